The van der Waals surface area contributed by atoms with E-state index in [1.54, 1.807) is 6.20 Å². The normalized spacial score (nSPS) is 14.3. The van der Waals surface area contributed by atoms with Crippen molar-refractivity contribution in [1.82, 2.24) is 15.1 Å². The van der Waals surface area contributed by atoms with Crippen molar-refractivity contribution >= 4 is 35.6 Å². The molecule has 3 aromatic rings. The van der Waals surface area contributed by atoms with Crippen LogP contribution in [0, 0.1) is 5.82 Å². The zero-order valence-corrected chi connectivity index (χ0v) is 17.1. The third-order valence-corrected chi connectivity index (χ3v) is 5.27. The summed E-state index contributed by atoms with van der Waals surface area (Å²) >= 11 is 6.07. The van der Waals surface area contributed by atoms with Crippen molar-refractivity contribution in [3.8, 4) is 5.69 Å². The molecule has 0 atom stereocenters. The minimum absolute atomic E-state index is 0. The van der Waals surface area contributed by atoms with Gasteiger partial charge in [-0.2, -0.15) is 5.10 Å². The monoisotopic (exact) mass is 434 g/mol. The van der Waals surface area contributed by atoms with E-state index in [-0.39, 0.29) is 29.3 Å². The molecule has 2 aromatic carbocycles. The van der Waals surface area contributed by atoms with E-state index in [1.165, 1.54) is 18.2 Å². The number of carbonyl (C=O) groups excluding carboxylic acids is 1. The molecule has 0 saturated carbocycles. The Morgan fingerprint density at radius 3 is 2.59 bits per heavy atom. The first-order chi connectivity index (χ1) is 13.6. The highest BCUT2D eigenvalue weighted by molar-refractivity contribution is 6.33. The summed E-state index contributed by atoms with van der Waals surface area (Å²) in [5, 5.41) is 10.8. The van der Waals surface area contributed by atoms with Gasteiger partial charge in [0.25, 0.3) is 5.91 Å². The van der Waals surface area contributed by atoms with E-state index in [4.69, 9.17) is 11.6 Å². The maximum atomic E-state index is 13.3. The number of hydrogen-bond acceptors (Lipinski definition) is 3. The summed E-state index contributed by atoms with van der Waals surface area (Å²) in [4.78, 5) is 13.0. The molecule has 0 bridgehead atoms. The fraction of sp³-hybridized carbons (Fsp3) is 0.238. The van der Waals surface area contributed by atoms with Gasteiger partial charge in [0, 0.05) is 5.92 Å². The quantitative estimate of drug-likeness (QED) is 0.619. The molecular weight excluding hydrogens is 414 g/mol. The van der Waals surface area contributed by atoms with E-state index in [9.17, 15) is 9.18 Å². The van der Waals surface area contributed by atoms with Gasteiger partial charge in [-0.1, -0.05) is 29.8 Å². The standard InChI is InChI=1S/C21H20ClFN4O.ClH/c22-18-12-15(23)6-7-19(18)26-21(28)17-13-25-27(16-4-2-1-3-5-16)20(17)14-8-10-24-11-9-14;/h1-7,12-14,24H,8-11H2,(H,26,28);1H. The smallest absolute Gasteiger partial charge is 0.259 e. The summed E-state index contributed by atoms with van der Waals surface area (Å²) < 4.78 is 15.1. The van der Waals surface area contributed by atoms with Crippen LogP contribution in [0.5, 0.6) is 0 Å². The number of anilines is 1. The lowest BCUT2D eigenvalue weighted by Gasteiger charge is -2.24. The number of nitrogens with zero attached hydrogens (tertiary/aromatic N) is 2. The lowest BCUT2D eigenvalue weighted by molar-refractivity contribution is 0.102. The molecule has 1 fully saturated rings. The van der Waals surface area contributed by atoms with Gasteiger partial charge in [-0.3, -0.25) is 4.79 Å². The average Bonchev–Trinajstić information content (AvgIpc) is 3.17. The number of rotatable bonds is 4. The predicted octanol–water partition coefficient (Wildman–Crippen LogP) is 4.81. The first-order valence-corrected chi connectivity index (χ1v) is 9.62. The Balaban J connectivity index is 0.00000240. The topological polar surface area (TPSA) is 59.0 Å². The molecule has 2 heterocycles. The molecule has 1 aromatic heterocycles. The van der Waals surface area contributed by atoms with Crippen LogP contribution in [0.1, 0.15) is 34.8 Å². The zero-order valence-electron chi connectivity index (χ0n) is 15.6. The highest BCUT2D eigenvalue weighted by Gasteiger charge is 2.27. The number of hydrogen-bond donors (Lipinski definition) is 2. The van der Waals surface area contributed by atoms with Crippen LogP contribution in [0.4, 0.5) is 10.1 Å². The minimum atomic E-state index is -0.449. The van der Waals surface area contributed by atoms with Gasteiger partial charge in [0.2, 0.25) is 0 Å². The van der Waals surface area contributed by atoms with Crippen molar-refractivity contribution in [2.24, 2.45) is 0 Å². The number of halogens is 3. The number of carbonyl (C=O) groups is 1. The van der Waals surface area contributed by atoms with Crippen LogP contribution in [-0.2, 0) is 0 Å². The van der Waals surface area contributed by atoms with Crippen LogP contribution < -0.4 is 10.6 Å². The Bertz CT molecular complexity index is 988. The average molecular weight is 435 g/mol. The van der Waals surface area contributed by atoms with Gasteiger partial charge in [-0.15, -0.1) is 12.4 Å². The summed E-state index contributed by atoms with van der Waals surface area (Å²) in [6.45, 7) is 1.80. The summed E-state index contributed by atoms with van der Waals surface area (Å²) in [7, 11) is 0. The number of nitrogens with one attached hydrogen (secondary N) is 2. The molecule has 152 valence electrons. The molecule has 0 spiro atoms. The van der Waals surface area contributed by atoms with Crippen molar-refractivity contribution in [1.29, 1.82) is 0 Å². The van der Waals surface area contributed by atoms with Crippen molar-refractivity contribution in [2.45, 2.75) is 18.8 Å². The van der Waals surface area contributed by atoms with Gasteiger partial charge in [0.05, 0.1) is 33.9 Å². The maximum Gasteiger partial charge on any atom is 0.259 e. The summed E-state index contributed by atoms with van der Waals surface area (Å²) in [5.41, 5.74) is 2.69. The summed E-state index contributed by atoms with van der Waals surface area (Å²) in [6.07, 6.45) is 3.45. The number of amides is 1. The largest absolute Gasteiger partial charge is 0.321 e. The lowest BCUT2D eigenvalue weighted by Crippen LogP contribution is -2.29. The second-order valence-corrected chi connectivity index (χ2v) is 7.20. The van der Waals surface area contributed by atoms with E-state index in [0.717, 1.165) is 37.3 Å². The second-order valence-electron chi connectivity index (χ2n) is 6.79. The Morgan fingerprint density at radius 1 is 1.17 bits per heavy atom. The Morgan fingerprint density at radius 2 is 1.90 bits per heavy atom. The zero-order chi connectivity index (χ0) is 19.5. The molecule has 4 rings (SSSR count). The van der Waals surface area contributed by atoms with Gasteiger partial charge >= 0.3 is 0 Å². The van der Waals surface area contributed by atoms with E-state index >= 15 is 0 Å². The van der Waals surface area contributed by atoms with Crippen molar-refractivity contribution in [3.05, 3.63) is 76.8 Å². The van der Waals surface area contributed by atoms with Crippen molar-refractivity contribution < 1.29 is 9.18 Å². The molecule has 1 aliphatic rings. The molecule has 29 heavy (non-hydrogen) atoms. The molecule has 1 saturated heterocycles. The molecule has 1 amide bonds. The van der Waals surface area contributed by atoms with Crippen LogP contribution in [0.25, 0.3) is 5.69 Å². The van der Waals surface area contributed by atoms with Crippen LogP contribution in [0.15, 0.2) is 54.7 Å². The van der Waals surface area contributed by atoms with Crippen LogP contribution in [0.2, 0.25) is 5.02 Å². The van der Waals surface area contributed by atoms with Crippen LogP contribution in [-0.4, -0.2) is 28.8 Å². The molecule has 5 nitrogen and oxygen atoms in total. The van der Waals surface area contributed by atoms with Gasteiger partial charge in [-0.25, -0.2) is 9.07 Å². The Kier molecular flexibility index (Phi) is 6.90. The van der Waals surface area contributed by atoms with Gasteiger partial charge < -0.3 is 10.6 Å². The summed E-state index contributed by atoms with van der Waals surface area (Å²) in [5.74, 6) is -0.534. The van der Waals surface area contributed by atoms with Gasteiger partial charge in [-0.05, 0) is 56.3 Å². The van der Waals surface area contributed by atoms with E-state index < -0.39 is 5.82 Å². The molecule has 0 aliphatic carbocycles. The predicted molar refractivity (Wildman–Crippen MR) is 115 cm³/mol. The van der Waals surface area contributed by atoms with Gasteiger partial charge in [0.15, 0.2) is 0 Å². The van der Waals surface area contributed by atoms with Crippen LogP contribution in [0.3, 0.4) is 0 Å². The number of piperidine rings is 1. The first-order valence-electron chi connectivity index (χ1n) is 9.24. The van der Waals surface area contributed by atoms with Crippen molar-refractivity contribution in [3.63, 3.8) is 0 Å². The van der Waals surface area contributed by atoms with E-state index in [2.05, 4.69) is 15.7 Å². The number of aromatic nitrogens is 2. The Hall–Kier alpha value is -2.41. The van der Waals surface area contributed by atoms with Gasteiger partial charge in [0.1, 0.15) is 5.82 Å². The Labute approximate surface area is 179 Å². The first kappa shape index (κ1) is 21.3. The van der Waals surface area contributed by atoms with Crippen LogP contribution >= 0.6 is 24.0 Å². The lowest BCUT2D eigenvalue weighted by atomic mass is 9.91. The molecule has 1 aliphatic heterocycles. The summed E-state index contributed by atoms with van der Waals surface area (Å²) in [6, 6.07) is 13.7. The third-order valence-electron chi connectivity index (χ3n) is 4.96. The highest BCUT2D eigenvalue weighted by Crippen LogP contribution is 2.31. The molecular formula is C21H21Cl2FN4O. The SMILES string of the molecule is Cl.O=C(Nc1ccc(F)cc1Cl)c1cnn(-c2ccccc2)c1C1CCNCC1. The minimum Gasteiger partial charge on any atom is -0.321 e. The third kappa shape index (κ3) is 4.61. The van der Waals surface area contributed by atoms with E-state index in [0.29, 0.717) is 11.3 Å². The molecule has 0 unspecified atom stereocenters. The maximum absolute atomic E-state index is 13.3. The highest BCUT2D eigenvalue weighted by atomic mass is 35.5. The van der Waals surface area contributed by atoms with Crippen molar-refractivity contribution in [2.75, 3.05) is 18.4 Å². The second kappa shape index (κ2) is 9.39. The number of para-hydroxylation sites is 1. The molecule has 0 radical (unpaired) electrons. The molecule has 2 N–H and O–H groups in total. The fourth-order valence-corrected chi connectivity index (χ4v) is 3.79. The fourth-order valence-electron chi connectivity index (χ4n) is 3.58. The van der Waals surface area contributed by atoms with E-state index in [1.807, 2.05) is 35.0 Å². The molecule has 8 heteroatoms. The number of benzene rings is 2.